The number of carbonyl (C=O) groups excluding carboxylic acids is 2. The Morgan fingerprint density at radius 1 is 1.15 bits per heavy atom. The maximum atomic E-state index is 12.6. The van der Waals surface area contributed by atoms with E-state index in [4.69, 9.17) is 15.7 Å². The van der Waals surface area contributed by atoms with Crippen LogP contribution in [0.15, 0.2) is 42.5 Å². The number of esters is 1. The van der Waals surface area contributed by atoms with Crippen molar-refractivity contribution < 1.29 is 27.5 Å². The molecule has 2 aromatic carbocycles. The van der Waals surface area contributed by atoms with Gasteiger partial charge in [-0.25, -0.2) is 4.79 Å². The smallest absolute Gasteiger partial charge is 0.416 e. The van der Waals surface area contributed by atoms with Gasteiger partial charge in [-0.05, 0) is 42.5 Å². The van der Waals surface area contributed by atoms with Crippen molar-refractivity contribution in [2.75, 3.05) is 17.7 Å². The highest BCUT2D eigenvalue weighted by Crippen LogP contribution is 2.31. The first kappa shape index (κ1) is 18.8. The second kappa shape index (κ2) is 7.57. The van der Waals surface area contributed by atoms with Gasteiger partial charge in [-0.2, -0.15) is 18.4 Å². The average Bonchev–Trinajstić information content (AvgIpc) is 2.59. The number of alkyl halides is 3. The molecular formula is C17H12F3N3O3. The van der Waals surface area contributed by atoms with E-state index in [-0.39, 0.29) is 5.56 Å². The Morgan fingerprint density at radius 2 is 1.81 bits per heavy atom. The molecular weight excluding hydrogens is 351 g/mol. The number of nitrogen functional groups attached to an aromatic ring is 1. The summed E-state index contributed by atoms with van der Waals surface area (Å²) in [7, 11) is 0. The Morgan fingerprint density at radius 3 is 2.35 bits per heavy atom. The van der Waals surface area contributed by atoms with E-state index in [0.717, 1.165) is 6.07 Å². The summed E-state index contributed by atoms with van der Waals surface area (Å²) in [6.45, 7) is -0.653. The molecule has 0 spiro atoms. The predicted octanol–water partition coefficient (Wildman–Crippen LogP) is 2.95. The predicted molar refractivity (Wildman–Crippen MR) is 85.9 cm³/mol. The lowest BCUT2D eigenvalue weighted by atomic mass is 10.1. The molecule has 0 aliphatic carbocycles. The van der Waals surface area contributed by atoms with Crippen LogP contribution in [0.4, 0.5) is 24.5 Å². The highest BCUT2D eigenvalue weighted by atomic mass is 19.4. The van der Waals surface area contributed by atoms with Crippen molar-refractivity contribution in [1.82, 2.24) is 0 Å². The van der Waals surface area contributed by atoms with Crippen LogP contribution < -0.4 is 11.1 Å². The van der Waals surface area contributed by atoms with Crippen LogP contribution in [0.25, 0.3) is 0 Å². The lowest BCUT2D eigenvalue weighted by Gasteiger charge is -2.11. The van der Waals surface area contributed by atoms with Gasteiger partial charge in [0.2, 0.25) is 0 Å². The summed E-state index contributed by atoms with van der Waals surface area (Å²) in [5, 5.41) is 11.1. The van der Waals surface area contributed by atoms with Crippen molar-refractivity contribution in [3.05, 3.63) is 59.2 Å². The molecule has 0 radical (unpaired) electrons. The van der Waals surface area contributed by atoms with Gasteiger partial charge in [0.1, 0.15) is 0 Å². The first-order valence-corrected chi connectivity index (χ1v) is 7.14. The number of nitrogens with zero attached hydrogens (tertiary/aromatic N) is 1. The van der Waals surface area contributed by atoms with Crippen LogP contribution in [0.1, 0.15) is 21.5 Å². The normalized spacial score (nSPS) is 10.7. The van der Waals surface area contributed by atoms with Gasteiger partial charge in [0.05, 0.1) is 22.8 Å². The molecule has 0 saturated heterocycles. The van der Waals surface area contributed by atoms with E-state index < -0.39 is 35.9 Å². The molecule has 0 aliphatic heterocycles. The summed E-state index contributed by atoms with van der Waals surface area (Å²) in [6, 6.07) is 10.1. The zero-order valence-electron chi connectivity index (χ0n) is 13.1. The number of rotatable bonds is 4. The quantitative estimate of drug-likeness (QED) is 0.642. The Kier molecular flexibility index (Phi) is 5.47. The third-order valence-electron chi connectivity index (χ3n) is 3.23. The van der Waals surface area contributed by atoms with Gasteiger partial charge in [-0.15, -0.1) is 0 Å². The van der Waals surface area contributed by atoms with Gasteiger partial charge < -0.3 is 15.8 Å². The molecule has 3 N–H and O–H groups in total. The van der Waals surface area contributed by atoms with Crippen LogP contribution in [0.3, 0.4) is 0 Å². The minimum atomic E-state index is -4.59. The lowest BCUT2D eigenvalue weighted by molar-refractivity contribution is -0.137. The Labute approximate surface area is 146 Å². The minimum Gasteiger partial charge on any atom is -0.452 e. The number of halogens is 3. The maximum Gasteiger partial charge on any atom is 0.416 e. The summed E-state index contributed by atoms with van der Waals surface area (Å²) in [5.74, 6) is -1.68. The highest BCUT2D eigenvalue weighted by Gasteiger charge is 2.31. The van der Waals surface area contributed by atoms with Crippen molar-refractivity contribution >= 4 is 23.3 Å². The number of amides is 1. The second-order valence-corrected chi connectivity index (χ2v) is 5.11. The first-order chi connectivity index (χ1) is 12.2. The molecule has 134 valence electrons. The van der Waals surface area contributed by atoms with Gasteiger partial charge in [-0.3, -0.25) is 4.79 Å². The number of benzene rings is 2. The lowest BCUT2D eigenvalue weighted by Crippen LogP contribution is -2.21. The summed E-state index contributed by atoms with van der Waals surface area (Å²) in [6.07, 6.45) is -4.59. The highest BCUT2D eigenvalue weighted by molar-refractivity contribution is 5.98. The zero-order chi connectivity index (χ0) is 19.3. The molecule has 26 heavy (non-hydrogen) atoms. The molecule has 0 aromatic heterocycles. The number of nitriles is 1. The molecule has 0 heterocycles. The van der Waals surface area contributed by atoms with Crippen molar-refractivity contribution in [1.29, 1.82) is 5.26 Å². The summed E-state index contributed by atoms with van der Waals surface area (Å²) in [4.78, 5) is 23.6. The third-order valence-corrected chi connectivity index (χ3v) is 3.23. The molecule has 1 amide bonds. The van der Waals surface area contributed by atoms with Crippen molar-refractivity contribution in [3.8, 4) is 6.07 Å². The largest absolute Gasteiger partial charge is 0.452 e. The number of anilines is 2. The van der Waals surface area contributed by atoms with Crippen LogP contribution in [-0.2, 0) is 15.7 Å². The van der Waals surface area contributed by atoms with Crippen LogP contribution in [0, 0.1) is 11.3 Å². The van der Waals surface area contributed by atoms with Crippen LogP contribution in [0.5, 0.6) is 0 Å². The van der Waals surface area contributed by atoms with Gasteiger partial charge in [0.25, 0.3) is 5.91 Å². The Bertz CT molecular complexity index is 872. The summed E-state index contributed by atoms with van der Waals surface area (Å²) < 4.78 is 42.4. The molecule has 9 heteroatoms. The van der Waals surface area contributed by atoms with E-state index in [2.05, 4.69) is 5.32 Å². The van der Waals surface area contributed by atoms with Gasteiger partial charge >= 0.3 is 12.1 Å². The Hall–Kier alpha value is -3.54. The zero-order valence-corrected chi connectivity index (χ0v) is 13.1. The summed E-state index contributed by atoms with van der Waals surface area (Å²) in [5.41, 5.74) is 4.57. The first-order valence-electron chi connectivity index (χ1n) is 7.14. The van der Waals surface area contributed by atoms with Gasteiger partial charge in [0, 0.05) is 11.4 Å². The van der Waals surface area contributed by atoms with E-state index in [1.165, 1.54) is 24.3 Å². The maximum absolute atomic E-state index is 12.6. The van der Waals surface area contributed by atoms with Crippen LogP contribution >= 0.6 is 0 Å². The van der Waals surface area contributed by atoms with Crippen molar-refractivity contribution in [2.24, 2.45) is 0 Å². The SMILES string of the molecule is N#Cc1ccc(NC(=O)COC(=O)c2ccc(C(F)(F)F)cc2N)cc1. The van der Waals surface area contributed by atoms with Crippen molar-refractivity contribution in [2.45, 2.75) is 6.18 Å². The van der Waals surface area contributed by atoms with E-state index in [0.29, 0.717) is 23.4 Å². The summed E-state index contributed by atoms with van der Waals surface area (Å²) >= 11 is 0. The minimum absolute atomic E-state index is 0.274. The molecule has 0 bridgehead atoms. The average molecular weight is 363 g/mol. The Balaban J connectivity index is 1.95. The topological polar surface area (TPSA) is 105 Å². The number of nitrogens with one attached hydrogen (secondary N) is 1. The molecule has 6 nitrogen and oxygen atoms in total. The molecule has 0 unspecified atom stereocenters. The van der Waals surface area contributed by atoms with E-state index in [9.17, 15) is 22.8 Å². The van der Waals surface area contributed by atoms with E-state index in [1.54, 1.807) is 0 Å². The van der Waals surface area contributed by atoms with Crippen LogP contribution in [0.2, 0.25) is 0 Å². The van der Waals surface area contributed by atoms with E-state index >= 15 is 0 Å². The number of carbonyl (C=O) groups is 2. The van der Waals surface area contributed by atoms with Gasteiger partial charge in [0.15, 0.2) is 6.61 Å². The molecule has 0 atom stereocenters. The fourth-order valence-electron chi connectivity index (χ4n) is 1.96. The third kappa shape index (κ3) is 4.73. The number of nitrogens with two attached hydrogens (primary N) is 1. The van der Waals surface area contributed by atoms with Crippen molar-refractivity contribution in [3.63, 3.8) is 0 Å². The standard InChI is InChI=1S/C17H12F3N3O3/c18-17(19,20)11-3-6-13(14(22)7-11)16(25)26-9-15(24)23-12-4-1-10(8-21)2-5-12/h1-7H,9,22H2,(H,23,24). The molecule has 0 fully saturated rings. The number of hydrogen-bond acceptors (Lipinski definition) is 5. The van der Waals surface area contributed by atoms with E-state index in [1.807, 2.05) is 6.07 Å². The molecule has 2 rings (SSSR count). The number of hydrogen-bond donors (Lipinski definition) is 2. The fraction of sp³-hybridized carbons (Fsp3) is 0.118. The number of ether oxygens (including phenoxy) is 1. The molecule has 0 saturated carbocycles. The van der Waals surface area contributed by atoms with Crippen LogP contribution in [-0.4, -0.2) is 18.5 Å². The van der Waals surface area contributed by atoms with Gasteiger partial charge in [-0.1, -0.05) is 0 Å². The monoisotopic (exact) mass is 363 g/mol. The second-order valence-electron chi connectivity index (χ2n) is 5.11. The molecule has 2 aromatic rings. The fourth-order valence-corrected chi connectivity index (χ4v) is 1.96. The molecule has 0 aliphatic rings.